The van der Waals surface area contributed by atoms with E-state index in [9.17, 15) is 9.59 Å². The molecule has 1 aromatic rings. The number of para-hydroxylation sites is 2. The van der Waals surface area contributed by atoms with Gasteiger partial charge in [-0.25, -0.2) is 0 Å². The first-order valence-corrected chi connectivity index (χ1v) is 9.23. The lowest BCUT2D eigenvalue weighted by Gasteiger charge is -2.12. The number of thioether (sulfide) groups is 1. The van der Waals surface area contributed by atoms with Crippen molar-refractivity contribution < 1.29 is 14.3 Å². The number of nitrogens with one attached hydrogen (secondary N) is 2. The zero-order valence-corrected chi connectivity index (χ0v) is 14.3. The molecular formula is C17H24N2O3S. The van der Waals surface area contributed by atoms with E-state index < -0.39 is 0 Å². The molecule has 1 aromatic carbocycles. The smallest absolute Gasteiger partial charge is 0.234 e. The Morgan fingerprint density at radius 1 is 1.17 bits per heavy atom. The number of ether oxygens (including phenoxy) is 1. The Bertz CT molecular complexity index is 530. The summed E-state index contributed by atoms with van der Waals surface area (Å²) in [6, 6.07) is 7.67. The molecule has 0 aliphatic heterocycles. The minimum atomic E-state index is -0.129. The average Bonchev–Trinajstić information content (AvgIpc) is 3.02. The fourth-order valence-corrected chi connectivity index (χ4v) is 3.24. The predicted molar refractivity (Wildman–Crippen MR) is 94.0 cm³/mol. The lowest BCUT2D eigenvalue weighted by Crippen LogP contribution is -2.34. The van der Waals surface area contributed by atoms with Crippen LogP contribution in [0, 0.1) is 0 Å². The molecule has 2 N–H and O–H groups in total. The largest absolute Gasteiger partial charge is 0.492 e. The van der Waals surface area contributed by atoms with Gasteiger partial charge < -0.3 is 15.4 Å². The Kier molecular flexibility index (Phi) is 7.26. The molecule has 0 heterocycles. The summed E-state index contributed by atoms with van der Waals surface area (Å²) >= 11 is 1.33. The van der Waals surface area contributed by atoms with Gasteiger partial charge in [0.1, 0.15) is 5.75 Å². The molecular weight excluding hydrogens is 312 g/mol. The number of hydrogen-bond donors (Lipinski definition) is 2. The van der Waals surface area contributed by atoms with Crippen LogP contribution in [0.3, 0.4) is 0 Å². The highest BCUT2D eigenvalue weighted by Gasteiger charge is 2.17. The number of carbonyl (C=O) groups excluding carboxylic acids is 2. The van der Waals surface area contributed by atoms with Gasteiger partial charge in [0.05, 0.1) is 23.8 Å². The Morgan fingerprint density at radius 3 is 2.61 bits per heavy atom. The van der Waals surface area contributed by atoms with Gasteiger partial charge in [0.2, 0.25) is 11.8 Å². The van der Waals surface area contributed by atoms with Gasteiger partial charge in [-0.3, -0.25) is 9.59 Å². The summed E-state index contributed by atoms with van der Waals surface area (Å²) < 4.78 is 5.47. The Morgan fingerprint density at radius 2 is 1.87 bits per heavy atom. The van der Waals surface area contributed by atoms with Crippen molar-refractivity contribution in [2.24, 2.45) is 0 Å². The molecule has 1 saturated carbocycles. The third-order valence-electron chi connectivity index (χ3n) is 3.65. The van der Waals surface area contributed by atoms with Gasteiger partial charge in [-0.15, -0.1) is 11.8 Å². The number of carbonyl (C=O) groups is 2. The molecule has 0 saturated heterocycles. The van der Waals surface area contributed by atoms with Crippen molar-refractivity contribution in [3.63, 3.8) is 0 Å². The van der Waals surface area contributed by atoms with Crippen molar-refractivity contribution in [3.8, 4) is 5.75 Å². The average molecular weight is 336 g/mol. The minimum Gasteiger partial charge on any atom is -0.492 e. The highest BCUT2D eigenvalue weighted by Crippen LogP contribution is 2.23. The van der Waals surface area contributed by atoms with E-state index in [4.69, 9.17) is 4.74 Å². The van der Waals surface area contributed by atoms with E-state index in [0.29, 0.717) is 29.8 Å². The van der Waals surface area contributed by atoms with E-state index in [2.05, 4.69) is 10.6 Å². The van der Waals surface area contributed by atoms with E-state index in [-0.39, 0.29) is 17.6 Å². The number of rotatable bonds is 8. The molecule has 126 valence electrons. The summed E-state index contributed by atoms with van der Waals surface area (Å²) in [5.41, 5.74) is 0.662. The van der Waals surface area contributed by atoms with Gasteiger partial charge >= 0.3 is 0 Å². The van der Waals surface area contributed by atoms with Crippen LogP contribution in [0.25, 0.3) is 0 Å². The number of anilines is 1. The lowest BCUT2D eigenvalue weighted by molar-refractivity contribution is -0.119. The standard InChI is InChI=1S/C17H24N2O3S/c1-2-22-15-10-6-5-9-14(15)19-17(21)12-23-11-16(20)18-13-7-3-4-8-13/h5-6,9-10,13H,2-4,7-8,11-12H2,1H3,(H,18,20)(H,19,21). The first-order chi connectivity index (χ1) is 11.2. The molecule has 1 aliphatic rings. The van der Waals surface area contributed by atoms with Gasteiger partial charge in [-0.1, -0.05) is 25.0 Å². The molecule has 23 heavy (non-hydrogen) atoms. The maximum atomic E-state index is 12.0. The van der Waals surface area contributed by atoms with Gasteiger partial charge in [-0.2, -0.15) is 0 Å². The molecule has 0 bridgehead atoms. The van der Waals surface area contributed by atoms with Crippen LogP contribution in [0.2, 0.25) is 0 Å². The number of hydrogen-bond acceptors (Lipinski definition) is 4. The van der Waals surface area contributed by atoms with Crippen LogP contribution in [0.15, 0.2) is 24.3 Å². The Hall–Kier alpha value is -1.69. The Balaban J connectivity index is 1.69. The van der Waals surface area contributed by atoms with Crippen molar-refractivity contribution in [2.75, 3.05) is 23.4 Å². The molecule has 0 spiro atoms. The minimum absolute atomic E-state index is 0.0180. The van der Waals surface area contributed by atoms with Crippen LogP contribution < -0.4 is 15.4 Å². The van der Waals surface area contributed by atoms with Crippen LogP contribution in [0.1, 0.15) is 32.6 Å². The third kappa shape index (κ3) is 6.14. The van der Waals surface area contributed by atoms with E-state index >= 15 is 0 Å². The molecule has 2 amide bonds. The highest BCUT2D eigenvalue weighted by atomic mass is 32.2. The summed E-state index contributed by atoms with van der Waals surface area (Å²) in [5, 5.41) is 5.84. The second-order valence-corrected chi connectivity index (χ2v) is 6.50. The topological polar surface area (TPSA) is 67.4 Å². The number of amides is 2. The molecule has 0 radical (unpaired) electrons. The van der Waals surface area contributed by atoms with Crippen molar-refractivity contribution in [2.45, 2.75) is 38.6 Å². The van der Waals surface area contributed by atoms with E-state index in [0.717, 1.165) is 12.8 Å². The summed E-state index contributed by atoms with van der Waals surface area (Å²) in [5.74, 6) is 1.11. The fourth-order valence-electron chi connectivity index (χ4n) is 2.61. The van der Waals surface area contributed by atoms with Crippen molar-refractivity contribution in [1.29, 1.82) is 0 Å². The third-order valence-corrected chi connectivity index (χ3v) is 4.58. The molecule has 0 atom stereocenters. The second-order valence-electron chi connectivity index (χ2n) is 5.52. The summed E-state index contributed by atoms with van der Waals surface area (Å²) in [6.45, 7) is 2.44. The molecule has 0 aromatic heterocycles. The van der Waals surface area contributed by atoms with E-state index in [1.165, 1.54) is 24.6 Å². The van der Waals surface area contributed by atoms with Gasteiger partial charge in [0.15, 0.2) is 0 Å². The highest BCUT2D eigenvalue weighted by molar-refractivity contribution is 8.00. The molecule has 1 fully saturated rings. The normalized spacial score (nSPS) is 14.5. The van der Waals surface area contributed by atoms with Crippen LogP contribution in [0.4, 0.5) is 5.69 Å². The zero-order chi connectivity index (χ0) is 16.5. The summed E-state index contributed by atoms with van der Waals surface area (Å²) in [7, 11) is 0. The van der Waals surface area contributed by atoms with Crippen LogP contribution in [0.5, 0.6) is 5.75 Å². The molecule has 5 nitrogen and oxygen atoms in total. The second kappa shape index (κ2) is 9.45. The van der Waals surface area contributed by atoms with Crippen molar-refractivity contribution >= 4 is 29.3 Å². The van der Waals surface area contributed by atoms with Gasteiger partial charge in [0, 0.05) is 6.04 Å². The van der Waals surface area contributed by atoms with Crippen LogP contribution in [-0.4, -0.2) is 36.0 Å². The monoisotopic (exact) mass is 336 g/mol. The van der Waals surface area contributed by atoms with Crippen LogP contribution in [-0.2, 0) is 9.59 Å². The maximum Gasteiger partial charge on any atom is 0.234 e. The summed E-state index contributed by atoms with van der Waals surface area (Å²) in [4.78, 5) is 23.8. The van der Waals surface area contributed by atoms with E-state index in [1.54, 1.807) is 6.07 Å². The molecule has 1 aliphatic carbocycles. The summed E-state index contributed by atoms with van der Waals surface area (Å²) in [6.07, 6.45) is 4.54. The van der Waals surface area contributed by atoms with E-state index in [1.807, 2.05) is 25.1 Å². The maximum absolute atomic E-state index is 12.0. The Labute approximate surface area is 141 Å². The first kappa shape index (κ1) is 17.7. The van der Waals surface area contributed by atoms with Crippen molar-refractivity contribution in [3.05, 3.63) is 24.3 Å². The number of benzene rings is 1. The lowest BCUT2D eigenvalue weighted by atomic mass is 10.2. The molecule has 2 rings (SSSR count). The van der Waals surface area contributed by atoms with Crippen molar-refractivity contribution in [1.82, 2.24) is 5.32 Å². The first-order valence-electron chi connectivity index (χ1n) is 8.08. The van der Waals surface area contributed by atoms with Gasteiger partial charge in [0.25, 0.3) is 0 Å². The fraction of sp³-hybridized carbons (Fsp3) is 0.529. The quantitative estimate of drug-likeness (QED) is 0.766. The van der Waals surface area contributed by atoms with Gasteiger partial charge in [-0.05, 0) is 31.9 Å². The predicted octanol–water partition coefficient (Wildman–Crippen LogP) is 2.82. The molecule has 6 heteroatoms. The SMILES string of the molecule is CCOc1ccccc1NC(=O)CSCC(=O)NC1CCCC1. The zero-order valence-electron chi connectivity index (χ0n) is 13.5. The van der Waals surface area contributed by atoms with Crippen LogP contribution >= 0.6 is 11.8 Å². The molecule has 0 unspecified atom stereocenters.